The Morgan fingerprint density at radius 1 is 1.40 bits per heavy atom. The quantitative estimate of drug-likeness (QED) is 0.553. The molecule has 0 unspecified atom stereocenters. The van der Waals surface area contributed by atoms with Crippen molar-refractivity contribution in [2.45, 2.75) is 24.9 Å². The van der Waals surface area contributed by atoms with Gasteiger partial charge in [-0.05, 0) is 12.8 Å². The molecule has 0 saturated carbocycles. The SMILES string of the molecule is NC(=O)[C@@H]1CC[C@@H]2CN1C(=O)N2[SH](=O)=O. The van der Waals surface area contributed by atoms with Gasteiger partial charge < -0.3 is 10.6 Å². The highest BCUT2D eigenvalue weighted by Crippen LogP contribution is 2.29. The molecule has 2 fully saturated rings. The average Bonchev–Trinajstić information content (AvgIpc) is 2.39. The number of primary amides is 1. The van der Waals surface area contributed by atoms with E-state index in [1.165, 1.54) is 4.90 Å². The van der Waals surface area contributed by atoms with E-state index in [4.69, 9.17) is 5.73 Å². The van der Waals surface area contributed by atoms with Crippen LogP contribution in [-0.2, 0) is 15.7 Å². The van der Waals surface area contributed by atoms with Crippen LogP contribution in [0.5, 0.6) is 0 Å². The molecule has 0 spiro atoms. The lowest BCUT2D eigenvalue weighted by atomic mass is 10.0. The number of nitrogens with two attached hydrogens (primary N) is 1. The van der Waals surface area contributed by atoms with Crippen molar-refractivity contribution in [1.82, 2.24) is 9.21 Å². The van der Waals surface area contributed by atoms with Gasteiger partial charge in [-0.1, -0.05) is 0 Å². The highest BCUT2D eigenvalue weighted by atomic mass is 32.2. The molecule has 3 amide bonds. The molecule has 15 heavy (non-hydrogen) atoms. The fourth-order valence-electron chi connectivity index (χ4n) is 2.15. The minimum atomic E-state index is -2.92. The van der Waals surface area contributed by atoms with E-state index < -0.39 is 28.9 Å². The zero-order valence-corrected chi connectivity index (χ0v) is 8.72. The van der Waals surface area contributed by atoms with Gasteiger partial charge in [0, 0.05) is 6.54 Å². The third kappa shape index (κ3) is 1.44. The number of carbonyl (C=O) groups excluding carboxylic acids is 2. The van der Waals surface area contributed by atoms with Gasteiger partial charge in [-0.2, -0.15) is 0 Å². The lowest BCUT2D eigenvalue weighted by Crippen LogP contribution is -2.47. The molecule has 8 heteroatoms. The van der Waals surface area contributed by atoms with Gasteiger partial charge in [-0.3, -0.25) is 4.79 Å². The Balaban J connectivity index is 2.29. The summed E-state index contributed by atoms with van der Waals surface area (Å²) in [6.07, 6.45) is 0.935. The van der Waals surface area contributed by atoms with Crippen LogP contribution >= 0.6 is 0 Å². The molecule has 0 aromatic heterocycles. The first kappa shape index (κ1) is 10.2. The maximum atomic E-state index is 11.6. The number of fused-ring (bicyclic) bond motifs is 2. The van der Waals surface area contributed by atoms with Crippen LogP contribution in [0.2, 0.25) is 0 Å². The summed E-state index contributed by atoms with van der Waals surface area (Å²) in [6, 6.07) is -1.61. The van der Waals surface area contributed by atoms with E-state index in [1.54, 1.807) is 0 Å². The number of carbonyl (C=O) groups is 2. The van der Waals surface area contributed by atoms with Crippen LogP contribution in [0, 0.1) is 0 Å². The number of nitrogens with zero attached hydrogens (tertiary/aromatic N) is 2. The zero-order valence-electron chi connectivity index (χ0n) is 7.83. The molecule has 84 valence electrons. The summed E-state index contributed by atoms with van der Waals surface area (Å²) in [4.78, 5) is 23.9. The van der Waals surface area contributed by atoms with Crippen molar-refractivity contribution in [3.8, 4) is 0 Å². The average molecular weight is 233 g/mol. The van der Waals surface area contributed by atoms with Crippen LogP contribution in [-0.4, -0.2) is 48.2 Å². The Kier molecular flexibility index (Phi) is 2.29. The van der Waals surface area contributed by atoms with Crippen LogP contribution in [0.1, 0.15) is 12.8 Å². The second-order valence-corrected chi connectivity index (χ2v) is 4.57. The number of amides is 3. The van der Waals surface area contributed by atoms with Crippen molar-refractivity contribution in [2.75, 3.05) is 6.54 Å². The van der Waals surface area contributed by atoms with Crippen LogP contribution in [0.4, 0.5) is 4.79 Å². The summed E-state index contributed by atoms with van der Waals surface area (Å²) >= 11 is 0. The van der Waals surface area contributed by atoms with E-state index >= 15 is 0 Å². The predicted octanol–water partition coefficient (Wildman–Crippen LogP) is -1.73. The Labute approximate surface area is 87.9 Å². The van der Waals surface area contributed by atoms with Crippen LogP contribution in [0.3, 0.4) is 0 Å². The molecule has 0 aromatic rings. The van der Waals surface area contributed by atoms with E-state index in [-0.39, 0.29) is 12.6 Å². The van der Waals surface area contributed by atoms with Crippen LogP contribution in [0.15, 0.2) is 0 Å². The van der Waals surface area contributed by atoms with Gasteiger partial charge in [0.05, 0.1) is 6.04 Å². The lowest BCUT2D eigenvalue weighted by Gasteiger charge is -2.27. The number of rotatable bonds is 2. The third-order valence-electron chi connectivity index (χ3n) is 2.85. The van der Waals surface area contributed by atoms with Gasteiger partial charge in [-0.15, -0.1) is 0 Å². The highest BCUT2D eigenvalue weighted by molar-refractivity contribution is 7.70. The Morgan fingerprint density at radius 2 is 2.07 bits per heavy atom. The van der Waals surface area contributed by atoms with Gasteiger partial charge in [0.25, 0.3) is 0 Å². The van der Waals surface area contributed by atoms with Gasteiger partial charge in [0.2, 0.25) is 16.8 Å². The monoisotopic (exact) mass is 233 g/mol. The van der Waals surface area contributed by atoms with Gasteiger partial charge >= 0.3 is 6.03 Å². The summed E-state index contributed by atoms with van der Waals surface area (Å²) < 4.78 is 22.5. The number of thiol groups is 1. The molecule has 0 radical (unpaired) electrons. The molecule has 2 rings (SSSR count). The highest BCUT2D eigenvalue weighted by Gasteiger charge is 2.47. The maximum Gasteiger partial charge on any atom is 0.334 e. The van der Waals surface area contributed by atoms with E-state index in [0.29, 0.717) is 12.8 Å². The maximum absolute atomic E-state index is 11.6. The minimum absolute atomic E-state index is 0.274. The summed E-state index contributed by atoms with van der Waals surface area (Å²) in [7, 11) is -2.92. The molecule has 2 aliphatic rings. The fraction of sp³-hybridized carbons (Fsp3) is 0.714. The Morgan fingerprint density at radius 3 is 2.60 bits per heavy atom. The largest absolute Gasteiger partial charge is 0.368 e. The molecule has 2 N–H and O–H groups in total. The first-order valence-electron chi connectivity index (χ1n) is 4.56. The lowest BCUT2D eigenvalue weighted by molar-refractivity contribution is -0.122. The van der Waals surface area contributed by atoms with Crippen LogP contribution in [0.25, 0.3) is 0 Å². The predicted molar refractivity (Wildman–Crippen MR) is 50.3 cm³/mol. The van der Waals surface area contributed by atoms with Gasteiger partial charge in [0.15, 0.2) is 0 Å². The molecular weight excluding hydrogens is 222 g/mol. The van der Waals surface area contributed by atoms with E-state index in [1.807, 2.05) is 0 Å². The van der Waals surface area contributed by atoms with Gasteiger partial charge in [0.1, 0.15) is 6.04 Å². The number of piperidine rings is 1. The Bertz CT molecular complexity index is 386. The summed E-state index contributed by atoms with van der Waals surface area (Å²) in [6.45, 7) is 0.274. The molecule has 2 atom stereocenters. The molecule has 2 aliphatic heterocycles. The first-order chi connectivity index (χ1) is 7.02. The number of hydrogen-bond donors (Lipinski definition) is 2. The minimum Gasteiger partial charge on any atom is -0.368 e. The van der Waals surface area contributed by atoms with Crippen molar-refractivity contribution in [2.24, 2.45) is 5.73 Å². The van der Waals surface area contributed by atoms with Crippen molar-refractivity contribution in [3.05, 3.63) is 0 Å². The fourth-order valence-corrected chi connectivity index (χ4v) is 2.86. The smallest absolute Gasteiger partial charge is 0.334 e. The van der Waals surface area contributed by atoms with Crippen molar-refractivity contribution in [1.29, 1.82) is 0 Å². The van der Waals surface area contributed by atoms with E-state index in [9.17, 15) is 18.0 Å². The Hall–Kier alpha value is -1.31. The molecule has 2 heterocycles. The number of hydrogen-bond acceptors (Lipinski definition) is 4. The molecular formula is C7H11N3O4S. The topological polar surface area (TPSA) is 101 Å². The molecule has 7 nitrogen and oxygen atoms in total. The van der Waals surface area contributed by atoms with E-state index in [2.05, 4.69) is 0 Å². The summed E-state index contributed by atoms with van der Waals surface area (Å²) in [5, 5.41) is 0. The number of urea groups is 1. The van der Waals surface area contributed by atoms with Crippen molar-refractivity contribution < 1.29 is 18.0 Å². The zero-order chi connectivity index (χ0) is 11.2. The first-order valence-corrected chi connectivity index (χ1v) is 5.69. The van der Waals surface area contributed by atoms with Gasteiger partial charge in [-0.25, -0.2) is 17.5 Å². The second-order valence-electron chi connectivity index (χ2n) is 3.67. The molecule has 2 saturated heterocycles. The summed E-state index contributed by atoms with van der Waals surface area (Å²) in [5.74, 6) is -0.579. The third-order valence-corrected chi connectivity index (χ3v) is 3.70. The summed E-state index contributed by atoms with van der Waals surface area (Å²) in [5.41, 5.74) is 5.13. The molecule has 0 aromatic carbocycles. The normalized spacial score (nSPS) is 30.1. The second kappa shape index (κ2) is 3.37. The standard InChI is InChI=1S/C7H11N3O4S/c8-6(11)5-2-1-4-3-9(5)7(12)10(4)15(13)14/h4-5,15H,1-3H2,(H2,8,11)/t4-,5+/m1/s1. The molecule has 2 bridgehead atoms. The van der Waals surface area contributed by atoms with Crippen molar-refractivity contribution >= 4 is 22.8 Å². The van der Waals surface area contributed by atoms with E-state index in [0.717, 1.165) is 4.31 Å². The molecule has 0 aliphatic carbocycles. The van der Waals surface area contributed by atoms with Crippen molar-refractivity contribution in [3.63, 3.8) is 0 Å². The van der Waals surface area contributed by atoms with Crippen LogP contribution < -0.4 is 5.73 Å².